The van der Waals surface area contributed by atoms with Gasteiger partial charge in [-0.1, -0.05) is 261 Å². The highest BCUT2D eigenvalue weighted by Gasteiger charge is 2.48. The Morgan fingerprint density at radius 3 is 1.39 bits per heavy atom. The first-order chi connectivity index (χ1) is 39.7. The van der Waals surface area contributed by atoms with Gasteiger partial charge in [0.15, 0.2) is 0 Å². The minimum Gasteiger partial charge on any atom is -0.310 e. The predicted octanol–water partition coefficient (Wildman–Crippen LogP) is 19.8. The lowest BCUT2D eigenvalue weighted by atomic mass is 9.63. The fourth-order valence-corrected chi connectivity index (χ4v) is 13.6. The molecule has 0 fully saturated rings. The molecule has 0 saturated carbocycles. The van der Waals surface area contributed by atoms with Gasteiger partial charge in [0.1, 0.15) is 0 Å². The van der Waals surface area contributed by atoms with Crippen LogP contribution in [0.1, 0.15) is 44.5 Å². The molecule has 1 aromatic heterocycles. The number of aromatic nitrogens is 1. The van der Waals surface area contributed by atoms with Crippen LogP contribution in [0, 0.1) is 0 Å². The molecule has 0 unspecified atom stereocenters. The van der Waals surface area contributed by atoms with Gasteiger partial charge in [-0.3, -0.25) is 0 Å². The van der Waals surface area contributed by atoms with Gasteiger partial charge in [0.2, 0.25) is 0 Å². The van der Waals surface area contributed by atoms with Crippen LogP contribution in [0.2, 0.25) is 0 Å². The van der Waals surface area contributed by atoms with E-state index in [1.54, 1.807) is 0 Å². The first-order valence-corrected chi connectivity index (χ1v) is 27.7. The van der Waals surface area contributed by atoms with Crippen LogP contribution in [-0.2, 0) is 10.8 Å². The zero-order chi connectivity index (χ0) is 53.0. The molecule has 376 valence electrons. The fourth-order valence-electron chi connectivity index (χ4n) is 13.6. The highest BCUT2D eigenvalue weighted by Crippen LogP contribution is 2.59. The van der Waals surface area contributed by atoms with Gasteiger partial charge in [-0.15, -0.1) is 0 Å². The van der Waals surface area contributed by atoms with Crippen molar-refractivity contribution in [3.8, 4) is 27.9 Å². The van der Waals surface area contributed by atoms with Crippen LogP contribution >= 0.6 is 0 Å². The summed E-state index contributed by atoms with van der Waals surface area (Å²) in [5, 5.41) is 4.86. The van der Waals surface area contributed by atoms with E-state index in [-0.39, 0.29) is 0 Å². The normalized spacial score (nSPS) is 12.6. The summed E-state index contributed by atoms with van der Waals surface area (Å²) in [5.41, 5.74) is 20.3. The minimum atomic E-state index is -0.648. The molecule has 14 aromatic rings. The predicted molar refractivity (Wildman–Crippen MR) is 334 cm³/mol. The lowest BCUT2D eigenvalue weighted by molar-refractivity contribution is 0.729. The maximum atomic E-state index is 2.55. The summed E-state index contributed by atoms with van der Waals surface area (Å²) in [4.78, 5) is 2.37. The fraction of sp³-hybridized carbons (Fsp3) is 0.0256. The Bertz CT molecular complexity index is 4410. The van der Waals surface area contributed by atoms with Crippen molar-refractivity contribution in [3.05, 3.63) is 372 Å². The topological polar surface area (TPSA) is 8.17 Å². The lowest BCUT2D eigenvalue weighted by Crippen LogP contribution is -2.33. The lowest BCUT2D eigenvalue weighted by Gasteiger charge is -2.39. The summed E-state index contributed by atoms with van der Waals surface area (Å²) in [6, 6.07) is 121. The molecule has 0 bridgehead atoms. The average molecular weight is 1020 g/mol. The number of hydrogen-bond donors (Lipinski definition) is 0. The molecule has 13 aromatic carbocycles. The van der Waals surface area contributed by atoms with Crippen molar-refractivity contribution in [3.63, 3.8) is 0 Å². The number of anilines is 3. The third-order valence-electron chi connectivity index (χ3n) is 17.0. The largest absolute Gasteiger partial charge is 0.310 e. The number of fused-ring (bicyclic) bond motifs is 7. The molecule has 1 heterocycles. The van der Waals surface area contributed by atoms with E-state index in [9.17, 15) is 0 Å². The van der Waals surface area contributed by atoms with Crippen molar-refractivity contribution in [2.45, 2.75) is 10.8 Å². The highest BCUT2D eigenvalue weighted by molar-refractivity contribution is 6.10. The van der Waals surface area contributed by atoms with Crippen LogP contribution in [0.15, 0.2) is 328 Å². The van der Waals surface area contributed by atoms with Crippen molar-refractivity contribution in [2.75, 3.05) is 4.90 Å². The van der Waals surface area contributed by atoms with Gasteiger partial charge in [0.25, 0.3) is 0 Å². The van der Waals surface area contributed by atoms with E-state index < -0.39 is 10.8 Å². The SMILES string of the molecule is c1ccc(N(c2ccc(-n3c4ccccc4c4cc(-c5ccc6c(c5)C(c5ccccc5)(c5ccccc5)c5cc(C(c7ccccc7)(c7ccccc7)c7ccccc7)ccc5-6)ccc43)cc2)c2cccc3ccccc23)cc1. The Morgan fingerprint density at radius 2 is 0.762 bits per heavy atom. The molecule has 0 saturated heterocycles. The molecule has 0 radical (unpaired) electrons. The number of rotatable bonds is 11. The van der Waals surface area contributed by atoms with Crippen molar-refractivity contribution in [1.82, 2.24) is 4.57 Å². The maximum absolute atomic E-state index is 2.55. The van der Waals surface area contributed by atoms with E-state index in [1.165, 1.54) is 99.3 Å². The van der Waals surface area contributed by atoms with Gasteiger partial charge < -0.3 is 9.47 Å². The molecule has 0 amide bonds. The highest BCUT2D eigenvalue weighted by atomic mass is 15.1. The van der Waals surface area contributed by atoms with Gasteiger partial charge in [0.05, 0.1) is 27.6 Å². The number of nitrogens with zero attached hydrogens (tertiary/aromatic N) is 2. The summed E-state index contributed by atoms with van der Waals surface area (Å²) in [7, 11) is 0. The van der Waals surface area contributed by atoms with E-state index >= 15 is 0 Å². The van der Waals surface area contributed by atoms with Crippen LogP contribution in [-0.4, -0.2) is 4.57 Å². The molecular weight excluding hydrogens is 965 g/mol. The summed E-state index contributed by atoms with van der Waals surface area (Å²) in [6.07, 6.45) is 0. The second-order valence-corrected chi connectivity index (χ2v) is 21.1. The Morgan fingerprint density at radius 1 is 0.300 bits per heavy atom. The van der Waals surface area contributed by atoms with E-state index in [0.717, 1.165) is 22.7 Å². The van der Waals surface area contributed by atoms with Gasteiger partial charge in [-0.25, -0.2) is 0 Å². The molecule has 0 N–H and O–H groups in total. The van der Waals surface area contributed by atoms with Crippen molar-refractivity contribution in [1.29, 1.82) is 0 Å². The number of hydrogen-bond acceptors (Lipinski definition) is 1. The van der Waals surface area contributed by atoms with Gasteiger partial charge in [0, 0.05) is 33.2 Å². The van der Waals surface area contributed by atoms with Crippen LogP contribution < -0.4 is 4.90 Å². The van der Waals surface area contributed by atoms with Crippen LogP contribution in [0.3, 0.4) is 0 Å². The van der Waals surface area contributed by atoms with E-state index in [0.29, 0.717) is 0 Å². The second-order valence-electron chi connectivity index (χ2n) is 21.1. The van der Waals surface area contributed by atoms with Crippen molar-refractivity contribution in [2.24, 2.45) is 0 Å². The molecule has 0 spiro atoms. The molecule has 0 atom stereocenters. The van der Waals surface area contributed by atoms with Gasteiger partial charge in [-0.05, 0) is 139 Å². The summed E-state index contributed by atoms with van der Waals surface area (Å²) in [6.45, 7) is 0. The van der Waals surface area contributed by atoms with E-state index in [1.807, 2.05) is 0 Å². The maximum Gasteiger partial charge on any atom is 0.0713 e. The first kappa shape index (κ1) is 47.0. The molecule has 15 rings (SSSR count). The Hall–Kier alpha value is -10.3. The first-order valence-electron chi connectivity index (χ1n) is 27.7. The minimum absolute atomic E-state index is 0.617. The summed E-state index contributed by atoms with van der Waals surface area (Å²) < 4.78 is 2.43. The standard InChI is InChI=1S/C78H54N2/c1-7-26-58(27-8-1)77(59-28-9-2-10-29-59,60-30-11-3-12-31-60)63-44-50-69-68-49-42-57(53-72(68)78(73(69)54-63,61-32-13-4-14-33-61)62-34-15-5-16-35-62)56-43-51-76-71(52-56)70-39-21-22-40-75(70)80(76)66-47-45-65(46-48-66)79(64-36-17-6-18-37-64)74-41-23-25-55-24-19-20-38-67(55)74/h1-54H. The zero-order valence-electron chi connectivity index (χ0n) is 44.1. The van der Waals surface area contributed by atoms with Crippen LogP contribution in [0.4, 0.5) is 17.1 Å². The van der Waals surface area contributed by atoms with Gasteiger partial charge >= 0.3 is 0 Å². The van der Waals surface area contributed by atoms with Crippen LogP contribution in [0.25, 0.3) is 60.5 Å². The third-order valence-corrected chi connectivity index (χ3v) is 17.0. The quantitative estimate of drug-likeness (QED) is 0.117. The molecule has 1 aliphatic carbocycles. The molecular formula is C78H54N2. The van der Waals surface area contributed by atoms with Crippen molar-refractivity contribution < 1.29 is 0 Å². The Kier molecular flexibility index (Phi) is 11.3. The molecule has 80 heavy (non-hydrogen) atoms. The number of benzene rings is 13. The van der Waals surface area contributed by atoms with E-state index in [4.69, 9.17) is 0 Å². The molecule has 2 heteroatoms. The number of para-hydroxylation sites is 2. The molecule has 2 nitrogen and oxygen atoms in total. The average Bonchev–Trinajstić information content (AvgIpc) is 4.24. The van der Waals surface area contributed by atoms with Crippen LogP contribution in [0.5, 0.6) is 0 Å². The molecule has 0 aliphatic heterocycles. The Labute approximate surface area is 467 Å². The molecule has 1 aliphatic rings. The van der Waals surface area contributed by atoms with Gasteiger partial charge in [-0.2, -0.15) is 0 Å². The zero-order valence-corrected chi connectivity index (χ0v) is 44.1. The smallest absolute Gasteiger partial charge is 0.0713 e. The summed E-state index contributed by atoms with van der Waals surface area (Å²) >= 11 is 0. The van der Waals surface area contributed by atoms with E-state index in [2.05, 4.69) is 337 Å². The second kappa shape index (κ2) is 19.3. The summed E-state index contributed by atoms with van der Waals surface area (Å²) in [5.74, 6) is 0. The Balaban J connectivity index is 0.895. The van der Waals surface area contributed by atoms with Crippen molar-refractivity contribution >= 4 is 49.6 Å². The third kappa shape index (κ3) is 7.34. The monoisotopic (exact) mass is 1020 g/mol.